The number of hydrogen-bond acceptors (Lipinski definition) is 2. The van der Waals surface area contributed by atoms with Crippen molar-refractivity contribution in [3.63, 3.8) is 0 Å². The van der Waals surface area contributed by atoms with E-state index in [1.54, 1.807) is 0 Å². The second kappa shape index (κ2) is 5.67. The summed E-state index contributed by atoms with van der Waals surface area (Å²) in [6, 6.07) is 0.551. The molecule has 1 aliphatic carbocycles. The number of rotatable bonds is 4. The monoisotopic (exact) mass is 225 g/mol. The molecule has 3 nitrogen and oxygen atoms in total. The average molecular weight is 225 g/mol. The van der Waals surface area contributed by atoms with E-state index < -0.39 is 0 Å². The molecule has 2 unspecified atom stereocenters. The number of aliphatic hydroxyl groups excluding tert-OH is 1. The first-order valence-corrected chi connectivity index (χ1v) is 6.73. The van der Waals surface area contributed by atoms with E-state index in [-0.39, 0.29) is 6.61 Å². The number of likely N-dealkylation sites (tertiary alicyclic amines) is 1. The highest BCUT2D eigenvalue weighted by Gasteiger charge is 2.36. The van der Waals surface area contributed by atoms with Gasteiger partial charge in [0.2, 0.25) is 5.91 Å². The Balaban J connectivity index is 1.84. The van der Waals surface area contributed by atoms with Gasteiger partial charge in [0.05, 0.1) is 0 Å². The van der Waals surface area contributed by atoms with Crippen LogP contribution in [-0.4, -0.2) is 35.1 Å². The van der Waals surface area contributed by atoms with Crippen molar-refractivity contribution in [2.24, 2.45) is 5.92 Å². The van der Waals surface area contributed by atoms with Crippen LogP contribution in [0.25, 0.3) is 0 Å². The maximum atomic E-state index is 12.1. The lowest BCUT2D eigenvalue weighted by Crippen LogP contribution is -2.46. The van der Waals surface area contributed by atoms with Gasteiger partial charge in [-0.3, -0.25) is 4.79 Å². The molecule has 1 saturated carbocycles. The van der Waals surface area contributed by atoms with Crippen LogP contribution in [0.2, 0.25) is 0 Å². The van der Waals surface area contributed by atoms with Crippen LogP contribution >= 0.6 is 0 Å². The number of nitrogens with zero attached hydrogens (tertiary/aromatic N) is 1. The van der Waals surface area contributed by atoms with Crippen LogP contribution in [0.1, 0.15) is 51.4 Å². The highest BCUT2D eigenvalue weighted by molar-refractivity contribution is 5.76. The Bertz CT molecular complexity index is 242. The maximum Gasteiger partial charge on any atom is 0.222 e. The Labute approximate surface area is 97.8 Å². The molecule has 0 radical (unpaired) electrons. The number of piperidine rings is 1. The van der Waals surface area contributed by atoms with Crippen LogP contribution in [0.5, 0.6) is 0 Å². The first kappa shape index (κ1) is 11.9. The summed E-state index contributed by atoms with van der Waals surface area (Å²) in [4.78, 5) is 14.2. The molecule has 1 N–H and O–H groups in total. The van der Waals surface area contributed by atoms with Crippen LogP contribution < -0.4 is 0 Å². The molecule has 2 atom stereocenters. The van der Waals surface area contributed by atoms with Crippen LogP contribution in [0, 0.1) is 5.92 Å². The summed E-state index contributed by atoms with van der Waals surface area (Å²) < 4.78 is 0. The van der Waals surface area contributed by atoms with Gasteiger partial charge < -0.3 is 10.0 Å². The molecule has 0 aromatic heterocycles. The Hall–Kier alpha value is -0.570. The SMILES string of the molecule is O=C(CCCCO)N1CCCC2CCCC21. The molecule has 3 heteroatoms. The van der Waals surface area contributed by atoms with E-state index in [1.807, 2.05) is 0 Å². The molecule has 92 valence electrons. The standard InChI is InChI=1S/C13H23NO2/c15-10-2-1-8-13(16)14-9-4-6-11-5-3-7-12(11)14/h11-12,15H,1-10H2. The fraction of sp³-hybridized carbons (Fsp3) is 0.923. The van der Waals surface area contributed by atoms with Crippen molar-refractivity contribution in [3.05, 3.63) is 0 Å². The Morgan fingerprint density at radius 2 is 2.00 bits per heavy atom. The summed E-state index contributed by atoms with van der Waals surface area (Å²) in [7, 11) is 0. The van der Waals surface area contributed by atoms with Crippen LogP contribution in [0.4, 0.5) is 0 Å². The number of fused-ring (bicyclic) bond motifs is 1. The van der Waals surface area contributed by atoms with Gasteiger partial charge in [0.15, 0.2) is 0 Å². The van der Waals surface area contributed by atoms with Crippen LogP contribution in [-0.2, 0) is 4.79 Å². The van der Waals surface area contributed by atoms with Crippen molar-refractivity contribution < 1.29 is 9.90 Å². The lowest BCUT2D eigenvalue weighted by molar-refractivity contribution is -0.136. The summed E-state index contributed by atoms with van der Waals surface area (Å²) in [5.41, 5.74) is 0. The van der Waals surface area contributed by atoms with Crippen LogP contribution in [0.15, 0.2) is 0 Å². The van der Waals surface area contributed by atoms with Crippen molar-refractivity contribution in [1.82, 2.24) is 4.90 Å². The molecule has 16 heavy (non-hydrogen) atoms. The van der Waals surface area contributed by atoms with Gasteiger partial charge in [-0.15, -0.1) is 0 Å². The lowest BCUT2D eigenvalue weighted by Gasteiger charge is -2.38. The van der Waals surface area contributed by atoms with E-state index in [0.717, 1.165) is 25.3 Å². The van der Waals surface area contributed by atoms with Crippen LogP contribution in [0.3, 0.4) is 0 Å². The van der Waals surface area contributed by atoms with E-state index in [2.05, 4.69) is 4.90 Å². The zero-order chi connectivity index (χ0) is 11.4. The normalized spacial score (nSPS) is 29.2. The first-order valence-electron chi connectivity index (χ1n) is 6.73. The minimum absolute atomic E-state index is 0.208. The van der Waals surface area contributed by atoms with E-state index in [1.165, 1.54) is 32.1 Å². The summed E-state index contributed by atoms with van der Waals surface area (Å²) in [6.07, 6.45) is 8.58. The molecule has 2 aliphatic rings. The zero-order valence-corrected chi connectivity index (χ0v) is 10.0. The fourth-order valence-electron chi connectivity index (χ4n) is 3.30. The molecule has 0 spiro atoms. The molecule has 0 aromatic carbocycles. The zero-order valence-electron chi connectivity index (χ0n) is 10.0. The van der Waals surface area contributed by atoms with Gasteiger partial charge in [-0.2, -0.15) is 0 Å². The quantitative estimate of drug-likeness (QED) is 0.743. The minimum atomic E-state index is 0.208. The molecule has 0 aromatic rings. The maximum absolute atomic E-state index is 12.1. The Morgan fingerprint density at radius 3 is 2.81 bits per heavy atom. The predicted octanol–water partition coefficient (Wildman–Crippen LogP) is 1.94. The minimum Gasteiger partial charge on any atom is -0.396 e. The summed E-state index contributed by atoms with van der Waals surface area (Å²) in [6.45, 7) is 1.18. The van der Waals surface area contributed by atoms with Crippen molar-refractivity contribution in [1.29, 1.82) is 0 Å². The van der Waals surface area contributed by atoms with Crippen molar-refractivity contribution in [3.8, 4) is 0 Å². The van der Waals surface area contributed by atoms with Gasteiger partial charge >= 0.3 is 0 Å². The molecule has 1 amide bonds. The third-order valence-corrected chi connectivity index (χ3v) is 4.11. The van der Waals surface area contributed by atoms with E-state index >= 15 is 0 Å². The number of hydrogen-bond donors (Lipinski definition) is 1. The molecule has 1 heterocycles. The average Bonchev–Trinajstić information content (AvgIpc) is 2.76. The van der Waals surface area contributed by atoms with Crippen molar-refractivity contribution >= 4 is 5.91 Å². The van der Waals surface area contributed by atoms with Crippen molar-refractivity contribution in [2.45, 2.75) is 57.4 Å². The van der Waals surface area contributed by atoms with Gasteiger partial charge in [0.25, 0.3) is 0 Å². The molecular weight excluding hydrogens is 202 g/mol. The molecular formula is C13H23NO2. The smallest absolute Gasteiger partial charge is 0.222 e. The van der Waals surface area contributed by atoms with E-state index in [9.17, 15) is 4.79 Å². The van der Waals surface area contributed by atoms with Gasteiger partial charge in [0, 0.05) is 25.6 Å². The Morgan fingerprint density at radius 1 is 1.19 bits per heavy atom. The van der Waals surface area contributed by atoms with E-state index in [0.29, 0.717) is 18.4 Å². The highest BCUT2D eigenvalue weighted by atomic mass is 16.3. The van der Waals surface area contributed by atoms with Gasteiger partial charge in [-0.05, 0) is 44.4 Å². The predicted molar refractivity (Wildman–Crippen MR) is 63.0 cm³/mol. The van der Waals surface area contributed by atoms with Gasteiger partial charge in [-0.25, -0.2) is 0 Å². The van der Waals surface area contributed by atoms with Gasteiger partial charge in [-0.1, -0.05) is 6.42 Å². The number of carbonyl (C=O) groups excluding carboxylic acids is 1. The molecule has 2 fully saturated rings. The molecule has 1 aliphatic heterocycles. The third kappa shape index (κ3) is 2.57. The summed E-state index contributed by atoms with van der Waals surface area (Å²) in [5.74, 6) is 1.11. The van der Waals surface area contributed by atoms with Gasteiger partial charge in [0.1, 0.15) is 0 Å². The second-order valence-corrected chi connectivity index (χ2v) is 5.17. The lowest BCUT2D eigenvalue weighted by atomic mass is 9.91. The summed E-state index contributed by atoms with van der Waals surface area (Å²) in [5, 5.41) is 8.71. The Kier molecular flexibility index (Phi) is 4.22. The highest BCUT2D eigenvalue weighted by Crippen LogP contribution is 2.37. The van der Waals surface area contributed by atoms with Crippen molar-refractivity contribution in [2.75, 3.05) is 13.2 Å². The summed E-state index contributed by atoms with van der Waals surface area (Å²) >= 11 is 0. The fourth-order valence-corrected chi connectivity index (χ4v) is 3.30. The number of carbonyl (C=O) groups is 1. The molecule has 2 rings (SSSR count). The number of aliphatic hydroxyl groups is 1. The number of unbranched alkanes of at least 4 members (excludes halogenated alkanes) is 1. The topological polar surface area (TPSA) is 40.5 Å². The largest absolute Gasteiger partial charge is 0.396 e. The first-order chi connectivity index (χ1) is 7.83. The van der Waals surface area contributed by atoms with E-state index in [4.69, 9.17) is 5.11 Å². The molecule has 1 saturated heterocycles. The third-order valence-electron chi connectivity index (χ3n) is 4.11. The second-order valence-electron chi connectivity index (χ2n) is 5.17. The number of amides is 1. The molecule has 0 bridgehead atoms.